The van der Waals surface area contributed by atoms with Crippen molar-refractivity contribution in [1.29, 1.82) is 0 Å². The number of aryl methyl sites for hydroxylation is 3. The summed E-state index contributed by atoms with van der Waals surface area (Å²) in [6.07, 6.45) is 1.86. The van der Waals surface area contributed by atoms with Gasteiger partial charge in [-0.25, -0.2) is 0 Å². The highest BCUT2D eigenvalue weighted by Gasteiger charge is 2.45. The van der Waals surface area contributed by atoms with Crippen molar-refractivity contribution in [1.82, 2.24) is 19.7 Å². The number of fused-ring (bicyclic) bond motifs is 2. The van der Waals surface area contributed by atoms with Gasteiger partial charge in [-0.1, -0.05) is 6.07 Å². The van der Waals surface area contributed by atoms with E-state index in [1.165, 1.54) is 0 Å². The standard InChI is InChI=1S/C32H40N6O4/c1-9-38-26-11-10-23(16-27(26)35(8)30(40)32(6,7)31(38)41)18-36(22(5)25-14-20(3)33-34-25)12-13-37-17-19(2)28-24(29(37)39)15-21(4)42-28/h10-11,14-17,22H,9,12-13,18H2,1-8H3,(H,33,34). The van der Waals surface area contributed by atoms with E-state index in [0.29, 0.717) is 48.6 Å². The molecule has 0 aliphatic carbocycles. The number of aromatic nitrogens is 3. The third kappa shape index (κ3) is 5.04. The molecule has 0 saturated heterocycles. The first kappa shape index (κ1) is 29.3. The van der Waals surface area contributed by atoms with Crippen LogP contribution in [0.2, 0.25) is 0 Å². The zero-order valence-electron chi connectivity index (χ0n) is 25.7. The van der Waals surface area contributed by atoms with E-state index in [1.807, 2.05) is 58.2 Å². The van der Waals surface area contributed by atoms with Crippen molar-refractivity contribution in [3.63, 3.8) is 0 Å². The number of benzene rings is 1. The number of pyridine rings is 1. The van der Waals surface area contributed by atoms with E-state index in [1.54, 1.807) is 41.3 Å². The summed E-state index contributed by atoms with van der Waals surface area (Å²) in [4.78, 5) is 45.5. The molecule has 1 aromatic carbocycles. The van der Waals surface area contributed by atoms with Crippen LogP contribution in [0.25, 0.3) is 11.0 Å². The highest BCUT2D eigenvalue weighted by molar-refractivity contribution is 6.19. The molecule has 1 atom stereocenters. The molecule has 10 heteroatoms. The molecule has 1 aliphatic rings. The summed E-state index contributed by atoms with van der Waals surface area (Å²) in [5.41, 5.74) is 4.60. The van der Waals surface area contributed by atoms with E-state index in [9.17, 15) is 14.4 Å². The van der Waals surface area contributed by atoms with Crippen LogP contribution in [-0.2, 0) is 22.7 Å². The van der Waals surface area contributed by atoms with E-state index >= 15 is 0 Å². The number of hydrogen-bond donors (Lipinski definition) is 1. The summed E-state index contributed by atoms with van der Waals surface area (Å²) in [6.45, 7) is 15.2. The maximum absolute atomic E-state index is 13.4. The number of carbonyl (C=O) groups is 2. The molecule has 4 heterocycles. The molecular weight excluding hydrogens is 532 g/mol. The maximum Gasteiger partial charge on any atom is 0.261 e. The fourth-order valence-corrected chi connectivity index (χ4v) is 5.90. The van der Waals surface area contributed by atoms with Gasteiger partial charge in [-0.05, 0) is 78.3 Å². The van der Waals surface area contributed by atoms with Crippen LogP contribution in [0.15, 0.2) is 45.7 Å². The molecule has 1 N–H and O–H groups in total. The van der Waals surface area contributed by atoms with Crippen molar-refractivity contribution in [3.05, 3.63) is 75.2 Å². The highest BCUT2D eigenvalue weighted by Crippen LogP contribution is 2.39. The van der Waals surface area contributed by atoms with Crippen LogP contribution in [0.4, 0.5) is 11.4 Å². The zero-order chi connectivity index (χ0) is 30.5. The third-order valence-electron chi connectivity index (χ3n) is 8.40. The fourth-order valence-electron chi connectivity index (χ4n) is 5.90. The van der Waals surface area contributed by atoms with Crippen LogP contribution >= 0.6 is 0 Å². The lowest BCUT2D eigenvalue weighted by atomic mass is 9.90. The van der Waals surface area contributed by atoms with Crippen molar-refractivity contribution in [3.8, 4) is 0 Å². The number of H-pyrrole nitrogens is 1. The Bertz CT molecular complexity index is 1730. The monoisotopic (exact) mass is 572 g/mol. The minimum atomic E-state index is -1.16. The molecule has 0 saturated carbocycles. The number of rotatable bonds is 8. The van der Waals surface area contributed by atoms with Crippen molar-refractivity contribution in [2.75, 3.05) is 29.9 Å². The lowest BCUT2D eigenvalue weighted by Crippen LogP contribution is -2.47. The van der Waals surface area contributed by atoms with Crippen LogP contribution in [0, 0.1) is 26.2 Å². The molecule has 1 aliphatic heterocycles. The SMILES string of the molecule is CCN1C(=O)C(C)(C)C(=O)N(C)c2cc(CN(CCn3cc(C)c4oc(C)cc4c3=O)C(C)c3cc(C)[nH]n3)ccc21. The molecule has 3 aromatic heterocycles. The van der Waals surface area contributed by atoms with Gasteiger partial charge in [-0.3, -0.25) is 24.4 Å². The summed E-state index contributed by atoms with van der Waals surface area (Å²) >= 11 is 0. The number of aromatic amines is 1. The molecule has 5 rings (SSSR count). The summed E-state index contributed by atoms with van der Waals surface area (Å²) in [5.74, 6) is 0.271. The molecule has 0 radical (unpaired) electrons. The number of nitrogens with zero attached hydrogens (tertiary/aromatic N) is 5. The van der Waals surface area contributed by atoms with E-state index in [4.69, 9.17) is 4.42 Å². The number of nitrogens with one attached hydrogen (secondary N) is 1. The molecular formula is C32H40N6O4. The molecule has 42 heavy (non-hydrogen) atoms. The Morgan fingerprint density at radius 2 is 1.79 bits per heavy atom. The fraction of sp³-hybridized carbons (Fsp3) is 0.438. The van der Waals surface area contributed by atoms with Crippen molar-refractivity contribution in [2.45, 2.75) is 67.6 Å². The lowest BCUT2D eigenvalue weighted by Gasteiger charge is -2.29. The predicted octanol–water partition coefficient (Wildman–Crippen LogP) is 4.86. The first-order valence-corrected chi connectivity index (χ1v) is 14.4. The second-order valence-corrected chi connectivity index (χ2v) is 11.9. The Kier molecular flexibility index (Phi) is 7.61. The Balaban J connectivity index is 1.49. The van der Waals surface area contributed by atoms with Gasteiger partial charge in [0.2, 0.25) is 11.8 Å². The average Bonchev–Trinajstić information content (AvgIpc) is 3.57. The summed E-state index contributed by atoms with van der Waals surface area (Å²) in [6, 6.07) is 9.71. The average molecular weight is 573 g/mol. The van der Waals surface area contributed by atoms with E-state index in [2.05, 4.69) is 22.0 Å². The number of furan rings is 1. The van der Waals surface area contributed by atoms with Gasteiger partial charge in [0, 0.05) is 50.7 Å². The highest BCUT2D eigenvalue weighted by atomic mass is 16.3. The minimum absolute atomic E-state index is 0.0579. The smallest absolute Gasteiger partial charge is 0.261 e. The topological polar surface area (TPSA) is 108 Å². The second-order valence-electron chi connectivity index (χ2n) is 11.9. The molecule has 2 amide bonds. The van der Waals surface area contributed by atoms with Crippen molar-refractivity contribution >= 4 is 34.2 Å². The van der Waals surface area contributed by atoms with Gasteiger partial charge in [0.15, 0.2) is 0 Å². The van der Waals surface area contributed by atoms with Crippen LogP contribution < -0.4 is 15.4 Å². The quantitative estimate of drug-likeness (QED) is 0.302. The number of carbonyl (C=O) groups excluding carboxylic acids is 2. The Morgan fingerprint density at radius 3 is 2.45 bits per heavy atom. The van der Waals surface area contributed by atoms with Gasteiger partial charge in [-0.15, -0.1) is 0 Å². The number of amides is 2. The van der Waals surface area contributed by atoms with E-state index < -0.39 is 5.41 Å². The van der Waals surface area contributed by atoms with Gasteiger partial charge in [0.05, 0.1) is 28.5 Å². The first-order valence-electron chi connectivity index (χ1n) is 14.4. The largest absolute Gasteiger partial charge is 0.461 e. The van der Waals surface area contributed by atoms with Gasteiger partial charge >= 0.3 is 0 Å². The Labute approximate surface area is 245 Å². The molecule has 0 spiro atoms. The zero-order valence-corrected chi connectivity index (χ0v) is 25.7. The van der Waals surface area contributed by atoms with Crippen LogP contribution in [0.5, 0.6) is 0 Å². The van der Waals surface area contributed by atoms with Gasteiger partial charge in [0.1, 0.15) is 16.8 Å². The second kappa shape index (κ2) is 10.9. The van der Waals surface area contributed by atoms with Crippen LogP contribution in [-0.4, -0.2) is 51.6 Å². The summed E-state index contributed by atoms with van der Waals surface area (Å²) in [5, 5.41) is 8.14. The molecule has 10 nitrogen and oxygen atoms in total. The first-order chi connectivity index (χ1) is 19.8. The normalized spacial score (nSPS) is 15.9. The molecule has 1 unspecified atom stereocenters. The molecule has 4 aromatic rings. The molecule has 0 fully saturated rings. The lowest BCUT2D eigenvalue weighted by molar-refractivity contribution is -0.137. The predicted molar refractivity (Wildman–Crippen MR) is 164 cm³/mol. The summed E-state index contributed by atoms with van der Waals surface area (Å²) in [7, 11) is 1.73. The minimum Gasteiger partial charge on any atom is -0.461 e. The van der Waals surface area contributed by atoms with E-state index in [0.717, 1.165) is 28.2 Å². The van der Waals surface area contributed by atoms with Crippen molar-refractivity contribution < 1.29 is 14.0 Å². The van der Waals surface area contributed by atoms with Crippen molar-refractivity contribution in [2.24, 2.45) is 5.41 Å². The molecule has 0 bridgehead atoms. The number of anilines is 2. The van der Waals surface area contributed by atoms with Gasteiger partial charge in [0.25, 0.3) is 5.56 Å². The maximum atomic E-state index is 13.4. The third-order valence-corrected chi connectivity index (χ3v) is 8.40. The van der Waals surface area contributed by atoms with E-state index in [-0.39, 0.29) is 23.4 Å². The Hall–Kier alpha value is -4.18. The number of hydrogen-bond acceptors (Lipinski definition) is 6. The molecule has 222 valence electrons. The summed E-state index contributed by atoms with van der Waals surface area (Å²) < 4.78 is 7.50. The van der Waals surface area contributed by atoms with Crippen LogP contribution in [0.1, 0.15) is 62.0 Å². The van der Waals surface area contributed by atoms with Gasteiger partial charge in [-0.2, -0.15) is 5.10 Å². The van der Waals surface area contributed by atoms with Gasteiger partial charge < -0.3 is 18.8 Å². The Morgan fingerprint density at radius 1 is 1.05 bits per heavy atom. The van der Waals surface area contributed by atoms with Crippen LogP contribution in [0.3, 0.4) is 0 Å².